The zero-order valence-electron chi connectivity index (χ0n) is 16.9. The molecule has 1 saturated heterocycles. The van der Waals surface area contributed by atoms with Gasteiger partial charge in [0.15, 0.2) is 0 Å². The number of anilines is 1. The molecule has 1 N–H and O–H groups in total. The predicted octanol–water partition coefficient (Wildman–Crippen LogP) is 2.53. The monoisotopic (exact) mass is 405 g/mol. The molecule has 4 rings (SSSR count). The summed E-state index contributed by atoms with van der Waals surface area (Å²) in [5.41, 5.74) is 1.83. The van der Waals surface area contributed by atoms with Crippen LogP contribution in [0.25, 0.3) is 0 Å². The number of benzene rings is 1. The molecule has 2 aliphatic heterocycles. The summed E-state index contributed by atoms with van der Waals surface area (Å²) >= 11 is 0. The predicted molar refractivity (Wildman–Crippen MR) is 110 cm³/mol. The fraction of sp³-hybridized carbons (Fsp3) is 0.667. The van der Waals surface area contributed by atoms with E-state index in [2.05, 4.69) is 16.5 Å². The molecular formula is C21H31N3O3S. The standard InChI is InChI=1S/C21H31N3O3S/c1-15-5-3-4-11-23(15)12-10-22-28(26,27)19-8-9-20-18(14-19)13-16(2)24(20)21(25)17-6-7-17/h8-9,14-17,22H,3-7,10-13H2,1-2H3/t15-,16+/m0/s1. The number of rotatable bonds is 6. The van der Waals surface area contributed by atoms with Gasteiger partial charge in [-0.05, 0) is 76.3 Å². The van der Waals surface area contributed by atoms with Crippen LogP contribution in [0.2, 0.25) is 0 Å². The van der Waals surface area contributed by atoms with Gasteiger partial charge in [-0.25, -0.2) is 13.1 Å². The first-order valence-corrected chi connectivity index (χ1v) is 12.0. The molecule has 0 aromatic heterocycles. The second-order valence-corrected chi connectivity index (χ2v) is 10.4. The van der Waals surface area contributed by atoms with Gasteiger partial charge in [0, 0.05) is 36.8 Å². The molecule has 28 heavy (non-hydrogen) atoms. The first kappa shape index (κ1) is 19.9. The molecule has 1 aromatic rings. The van der Waals surface area contributed by atoms with E-state index < -0.39 is 10.0 Å². The quantitative estimate of drug-likeness (QED) is 0.790. The van der Waals surface area contributed by atoms with E-state index in [1.165, 1.54) is 19.3 Å². The highest BCUT2D eigenvalue weighted by atomic mass is 32.2. The normalized spacial score (nSPS) is 25.7. The van der Waals surface area contributed by atoms with Crippen molar-refractivity contribution in [2.45, 2.75) is 69.4 Å². The van der Waals surface area contributed by atoms with Gasteiger partial charge in [-0.2, -0.15) is 0 Å². The first-order valence-electron chi connectivity index (χ1n) is 10.6. The Hall–Kier alpha value is -1.44. The minimum Gasteiger partial charge on any atom is -0.309 e. The lowest BCUT2D eigenvalue weighted by Crippen LogP contribution is -2.42. The third kappa shape index (κ3) is 3.98. The second kappa shape index (κ2) is 7.76. The summed E-state index contributed by atoms with van der Waals surface area (Å²) in [6.07, 6.45) is 6.30. The lowest BCUT2D eigenvalue weighted by molar-refractivity contribution is -0.120. The minimum absolute atomic E-state index is 0.0922. The van der Waals surface area contributed by atoms with Gasteiger partial charge in [0.1, 0.15) is 0 Å². The van der Waals surface area contributed by atoms with Gasteiger partial charge < -0.3 is 4.90 Å². The minimum atomic E-state index is -3.54. The van der Waals surface area contributed by atoms with E-state index in [0.29, 0.717) is 23.9 Å². The molecule has 2 atom stereocenters. The molecule has 1 aromatic carbocycles. The molecule has 0 spiro atoms. The summed E-state index contributed by atoms with van der Waals surface area (Å²) in [6.45, 7) is 6.46. The van der Waals surface area contributed by atoms with Gasteiger partial charge in [0.2, 0.25) is 15.9 Å². The third-order valence-corrected chi connectivity index (χ3v) is 7.83. The van der Waals surface area contributed by atoms with Crippen molar-refractivity contribution in [2.24, 2.45) is 5.92 Å². The molecule has 1 aliphatic carbocycles. The van der Waals surface area contributed by atoms with Gasteiger partial charge >= 0.3 is 0 Å². The number of sulfonamides is 1. The van der Waals surface area contributed by atoms with Crippen LogP contribution in [0.15, 0.2) is 23.1 Å². The molecule has 6 nitrogen and oxygen atoms in total. The number of likely N-dealkylation sites (tertiary alicyclic amines) is 1. The Morgan fingerprint density at radius 3 is 2.64 bits per heavy atom. The molecule has 1 saturated carbocycles. The summed E-state index contributed by atoms with van der Waals surface area (Å²) in [7, 11) is -3.54. The van der Waals surface area contributed by atoms with Crippen molar-refractivity contribution in [2.75, 3.05) is 24.5 Å². The second-order valence-electron chi connectivity index (χ2n) is 8.60. The van der Waals surface area contributed by atoms with Crippen LogP contribution in [0.3, 0.4) is 0 Å². The number of piperidine rings is 1. The van der Waals surface area contributed by atoms with Crippen LogP contribution in [-0.4, -0.2) is 50.9 Å². The zero-order chi connectivity index (χ0) is 19.9. The van der Waals surface area contributed by atoms with Gasteiger partial charge in [0.05, 0.1) is 4.90 Å². The highest BCUT2D eigenvalue weighted by Gasteiger charge is 2.39. The summed E-state index contributed by atoms with van der Waals surface area (Å²) in [5.74, 6) is 0.353. The van der Waals surface area contributed by atoms with Gasteiger partial charge in [-0.15, -0.1) is 0 Å². The fourth-order valence-electron chi connectivity index (χ4n) is 4.53. The third-order valence-electron chi connectivity index (χ3n) is 6.37. The van der Waals surface area contributed by atoms with Crippen molar-refractivity contribution in [3.8, 4) is 0 Å². The number of hydrogen-bond donors (Lipinski definition) is 1. The van der Waals surface area contributed by atoms with E-state index in [1.807, 2.05) is 11.8 Å². The van der Waals surface area contributed by atoms with Crippen LogP contribution < -0.4 is 9.62 Å². The van der Waals surface area contributed by atoms with Crippen molar-refractivity contribution in [3.63, 3.8) is 0 Å². The molecular weight excluding hydrogens is 374 g/mol. The topological polar surface area (TPSA) is 69.7 Å². The molecule has 154 valence electrons. The summed E-state index contributed by atoms with van der Waals surface area (Å²) in [4.78, 5) is 17.1. The van der Waals surface area contributed by atoms with Crippen LogP contribution in [0.5, 0.6) is 0 Å². The number of fused-ring (bicyclic) bond motifs is 1. The summed E-state index contributed by atoms with van der Waals surface area (Å²) in [6, 6.07) is 5.80. The van der Waals surface area contributed by atoms with Crippen molar-refractivity contribution >= 4 is 21.6 Å². The maximum absolute atomic E-state index is 12.8. The number of nitrogens with zero attached hydrogens (tertiary/aromatic N) is 2. The fourth-order valence-corrected chi connectivity index (χ4v) is 5.61. The van der Waals surface area contributed by atoms with Crippen molar-refractivity contribution < 1.29 is 13.2 Å². The van der Waals surface area contributed by atoms with Crippen LogP contribution in [0.4, 0.5) is 5.69 Å². The average molecular weight is 406 g/mol. The van der Waals surface area contributed by atoms with Gasteiger partial charge in [-0.1, -0.05) is 6.42 Å². The highest BCUT2D eigenvalue weighted by molar-refractivity contribution is 7.89. The molecule has 0 bridgehead atoms. The first-order chi connectivity index (χ1) is 13.4. The van der Waals surface area contributed by atoms with Crippen molar-refractivity contribution in [1.82, 2.24) is 9.62 Å². The molecule has 3 aliphatic rings. The van der Waals surface area contributed by atoms with E-state index in [9.17, 15) is 13.2 Å². The lowest BCUT2D eigenvalue weighted by Gasteiger charge is -2.33. The SMILES string of the molecule is C[C@@H]1Cc2cc(S(=O)(=O)NCCN3CCCC[C@@H]3C)ccc2N1C(=O)C1CC1. The smallest absolute Gasteiger partial charge is 0.240 e. The Kier molecular flexibility index (Phi) is 5.51. The number of amides is 1. The van der Waals surface area contributed by atoms with Crippen LogP contribution in [0.1, 0.15) is 51.5 Å². The average Bonchev–Trinajstić information content (AvgIpc) is 3.45. The van der Waals surface area contributed by atoms with E-state index in [1.54, 1.807) is 18.2 Å². The van der Waals surface area contributed by atoms with E-state index in [0.717, 1.165) is 37.2 Å². The van der Waals surface area contributed by atoms with E-state index >= 15 is 0 Å². The molecule has 2 heterocycles. The number of carbonyl (C=O) groups excluding carboxylic acids is 1. The summed E-state index contributed by atoms with van der Waals surface area (Å²) in [5, 5.41) is 0. The van der Waals surface area contributed by atoms with Crippen LogP contribution in [0, 0.1) is 5.92 Å². The molecule has 0 radical (unpaired) electrons. The largest absolute Gasteiger partial charge is 0.309 e. The maximum atomic E-state index is 12.8. The Balaban J connectivity index is 1.42. The molecule has 2 fully saturated rings. The molecule has 0 unspecified atom stereocenters. The molecule has 1 amide bonds. The van der Waals surface area contributed by atoms with E-state index in [4.69, 9.17) is 0 Å². The highest BCUT2D eigenvalue weighted by Crippen LogP contribution is 2.39. The summed E-state index contributed by atoms with van der Waals surface area (Å²) < 4.78 is 28.3. The number of hydrogen-bond acceptors (Lipinski definition) is 4. The molecule has 7 heteroatoms. The Morgan fingerprint density at radius 2 is 1.93 bits per heavy atom. The van der Waals surface area contributed by atoms with Gasteiger partial charge in [-0.3, -0.25) is 9.69 Å². The van der Waals surface area contributed by atoms with Gasteiger partial charge in [0.25, 0.3) is 0 Å². The van der Waals surface area contributed by atoms with Crippen molar-refractivity contribution in [3.05, 3.63) is 23.8 Å². The zero-order valence-corrected chi connectivity index (χ0v) is 17.7. The Labute approximate surface area is 168 Å². The lowest BCUT2D eigenvalue weighted by atomic mass is 10.0. The van der Waals surface area contributed by atoms with E-state index in [-0.39, 0.29) is 17.9 Å². The Bertz CT molecular complexity index is 850. The number of nitrogens with one attached hydrogen (secondary N) is 1. The van der Waals surface area contributed by atoms with Crippen LogP contribution >= 0.6 is 0 Å². The Morgan fingerprint density at radius 1 is 1.14 bits per heavy atom. The number of carbonyl (C=O) groups is 1. The maximum Gasteiger partial charge on any atom is 0.240 e. The van der Waals surface area contributed by atoms with Crippen LogP contribution in [-0.2, 0) is 21.2 Å². The van der Waals surface area contributed by atoms with Crippen molar-refractivity contribution in [1.29, 1.82) is 0 Å².